The van der Waals surface area contributed by atoms with E-state index in [0.717, 1.165) is 32.2 Å². The lowest BCUT2D eigenvalue weighted by atomic mass is 9.98. The largest absolute Gasteiger partial charge is 0.380 e. The molecule has 0 amide bonds. The van der Waals surface area contributed by atoms with Crippen molar-refractivity contribution in [2.24, 2.45) is 5.92 Å². The fraction of sp³-hybridized carbons (Fsp3) is 0.625. The molecule has 1 aliphatic carbocycles. The molecule has 1 aromatic carbocycles. The number of likely N-dealkylation sites (N-methyl/N-ethyl adjacent to an activating group) is 1. The van der Waals surface area contributed by atoms with E-state index >= 15 is 0 Å². The first kappa shape index (κ1) is 13.6. The summed E-state index contributed by atoms with van der Waals surface area (Å²) in [5.41, 5.74) is 2.72. The van der Waals surface area contributed by atoms with Crippen LogP contribution in [0.1, 0.15) is 36.8 Å². The number of hydrogen-bond acceptors (Lipinski definition) is 2. The van der Waals surface area contributed by atoms with Gasteiger partial charge >= 0.3 is 0 Å². The normalized spacial score (nSPS) is 16.8. The molecule has 1 aromatic rings. The molecule has 1 N–H and O–H groups in total. The third-order valence-corrected chi connectivity index (χ3v) is 3.52. The summed E-state index contributed by atoms with van der Waals surface area (Å²) in [4.78, 5) is 0. The van der Waals surface area contributed by atoms with Crippen LogP contribution in [0.2, 0.25) is 0 Å². The number of nitrogens with one attached hydrogen (secondary N) is 1. The van der Waals surface area contributed by atoms with Crippen LogP contribution in [-0.4, -0.2) is 26.3 Å². The first-order valence-electron chi connectivity index (χ1n) is 7.14. The van der Waals surface area contributed by atoms with Crippen molar-refractivity contribution in [1.82, 2.24) is 5.32 Å². The molecule has 1 unspecified atom stereocenters. The molecule has 2 heteroatoms. The summed E-state index contributed by atoms with van der Waals surface area (Å²) in [6, 6.07) is 8.79. The summed E-state index contributed by atoms with van der Waals surface area (Å²) in [5, 5.41) is 3.44. The summed E-state index contributed by atoms with van der Waals surface area (Å²) in [6.07, 6.45) is 2.73. The van der Waals surface area contributed by atoms with Gasteiger partial charge in [-0.25, -0.2) is 0 Å². The highest BCUT2D eigenvalue weighted by atomic mass is 16.5. The van der Waals surface area contributed by atoms with Crippen LogP contribution in [0.3, 0.4) is 0 Å². The summed E-state index contributed by atoms with van der Waals surface area (Å²) in [7, 11) is 0. The predicted octanol–water partition coefficient (Wildman–Crippen LogP) is 3.11. The van der Waals surface area contributed by atoms with E-state index in [4.69, 9.17) is 4.74 Å². The zero-order valence-corrected chi connectivity index (χ0v) is 11.6. The summed E-state index contributed by atoms with van der Waals surface area (Å²) < 4.78 is 5.87. The standard InChI is InChI=1S/C16H25NO/c1-3-17-10-16(12-18-11-14-7-8-14)15-6-4-5-13(2)9-15/h4-6,9,14,16-17H,3,7-8,10-12H2,1-2H3. The molecule has 0 aromatic heterocycles. The van der Waals surface area contributed by atoms with Gasteiger partial charge in [0, 0.05) is 19.1 Å². The SMILES string of the molecule is CCNCC(COCC1CC1)c1cccc(C)c1. The second kappa shape index (κ2) is 6.91. The number of rotatable bonds is 8. The van der Waals surface area contributed by atoms with Crippen LogP contribution in [-0.2, 0) is 4.74 Å². The smallest absolute Gasteiger partial charge is 0.0547 e. The zero-order valence-electron chi connectivity index (χ0n) is 11.6. The van der Waals surface area contributed by atoms with Crippen LogP contribution in [0.15, 0.2) is 24.3 Å². The summed E-state index contributed by atoms with van der Waals surface area (Å²) >= 11 is 0. The van der Waals surface area contributed by atoms with Gasteiger partial charge < -0.3 is 10.1 Å². The highest BCUT2D eigenvalue weighted by molar-refractivity contribution is 5.25. The van der Waals surface area contributed by atoms with Gasteiger partial charge in [0.2, 0.25) is 0 Å². The van der Waals surface area contributed by atoms with Crippen molar-refractivity contribution in [1.29, 1.82) is 0 Å². The Morgan fingerprint density at radius 2 is 2.22 bits per heavy atom. The first-order chi connectivity index (χ1) is 8.79. The molecule has 2 nitrogen and oxygen atoms in total. The van der Waals surface area contributed by atoms with Crippen molar-refractivity contribution >= 4 is 0 Å². The highest BCUT2D eigenvalue weighted by Gasteiger charge is 2.22. The molecule has 0 spiro atoms. The molecule has 1 aliphatic rings. The predicted molar refractivity (Wildman–Crippen MR) is 76.0 cm³/mol. The third-order valence-electron chi connectivity index (χ3n) is 3.52. The maximum absolute atomic E-state index is 5.87. The fourth-order valence-electron chi connectivity index (χ4n) is 2.18. The molecule has 18 heavy (non-hydrogen) atoms. The molecule has 0 bridgehead atoms. The minimum absolute atomic E-state index is 0.476. The van der Waals surface area contributed by atoms with E-state index in [1.807, 2.05) is 0 Å². The van der Waals surface area contributed by atoms with E-state index in [9.17, 15) is 0 Å². The quantitative estimate of drug-likeness (QED) is 0.762. The van der Waals surface area contributed by atoms with Crippen molar-refractivity contribution in [2.45, 2.75) is 32.6 Å². The van der Waals surface area contributed by atoms with Crippen LogP contribution >= 0.6 is 0 Å². The molecule has 2 rings (SSSR count). The average molecular weight is 247 g/mol. The van der Waals surface area contributed by atoms with Gasteiger partial charge in [-0.15, -0.1) is 0 Å². The summed E-state index contributed by atoms with van der Waals surface area (Å²) in [5.74, 6) is 1.32. The Balaban J connectivity index is 1.89. The van der Waals surface area contributed by atoms with Gasteiger partial charge in [-0.1, -0.05) is 36.8 Å². The lowest BCUT2D eigenvalue weighted by Gasteiger charge is -2.18. The topological polar surface area (TPSA) is 21.3 Å². The molecular weight excluding hydrogens is 222 g/mol. The van der Waals surface area contributed by atoms with Crippen molar-refractivity contribution < 1.29 is 4.74 Å². The molecule has 1 fully saturated rings. The van der Waals surface area contributed by atoms with Gasteiger partial charge in [0.25, 0.3) is 0 Å². The van der Waals surface area contributed by atoms with E-state index in [-0.39, 0.29) is 0 Å². The second-order valence-electron chi connectivity index (χ2n) is 5.40. The monoisotopic (exact) mass is 247 g/mol. The maximum atomic E-state index is 5.87. The Morgan fingerprint density at radius 1 is 1.39 bits per heavy atom. The van der Waals surface area contributed by atoms with Crippen LogP contribution in [0, 0.1) is 12.8 Å². The highest BCUT2D eigenvalue weighted by Crippen LogP contribution is 2.29. The number of hydrogen-bond donors (Lipinski definition) is 1. The van der Waals surface area contributed by atoms with Crippen LogP contribution in [0.5, 0.6) is 0 Å². The second-order valence-corrected chi connectivity index (χ2v) is 5.40. The van der Waals surface area contributed by atoms with Gasteiger partial charge in [-0.3, -0.25) is 0 Å². The van der Waals surface area contributed by atoms with E-state index in [2.05, 4.69) is 43.4 Å². The fourth-order valence-corrected chi connectivity index (χ4v) is 2.18. The lowest BCUT2D eigenvalue weighted by molar-refractivity contribution is 0.110. The molecule has 1 atom stereocenters. The molecule has 0 heterocycles. The molecule has 100 valence electrons. The van der Waals surface area contributed by atoms with Gasteiger partial charge in [0.1, 0.15) is 0 Å². The Kier molecular flexibility index (Phi) is 5.21. The van der Waals surface area contributed by atoms with E-state index < -0.39 is 0 Å². The number of ether oxygens (including phenoxy) is 1. The Bertz CT molecular complexity index is 360. The van der Waals surface area contributed by atoms with Crippen LogP contribution in [0.4, 0.5) is 0 Å². The Morgan fingerprint density at radius 3 is 2.89 bits per heavy atom. The molecular formula is C16H25NO. The van der Waals surface area contributed by atoms with Crippen LogP contribution < -0.4 is 5.32 Å². The zero-order chi connectivity index (χ0) is 12.8. The average Bonchev–Trinajstić information content (AvgIpc) is 3.17. The molecule has 0 aliphatic heterocycles. The van der Waals surface area contributed by atoms with Gasteiger partial charge in [0.05, 0.1) is 6.61 Å². The number of benzene rings is 1. The Labute approximate surface area is 111 Å². The van der Waals surface area contributed by atoms with E-state index in [1.54, 1.807) is 0 Å². The molecule has 0 saturated heterocycles. The van der Waals surface area contributed by atoms with Crippen molar-refractivity contribution in [3.63, 3.8) is 0 Å². The molecule has 0 radical (unpaired) electrons. The first-order valence-corrected chi connectivity index (χ1v) is 7.14. The summed E-state index contributed by atoms with van der Waals surface area (Å²) in [6.45, 7) is 8.12. The lowest BCUT2D eigenvalue weighted by Crippen LogP contribution is -2.24. The van der Waals surface area contributed by atoms with E-state index in [1.165, 1.54) is 24.0 Å². The minimum atomic E-state index is 0.476. The minimum Gasteiger partial charge on any atom is -0.380 e. The van der Waals surface area contributed by atoms with Crippen molar-refractivity contribution in [3.8, 4) is 0 Å². The maximum Gasteiger partial charge on any atom is 0.0547 e. The van der Waals surface area contributed by atoms with Gasteiger partial charge in [0.15, 0.2) is 0 Å². The molecule has 1 saturated carbocycles. The van der Waals surface area contributed by atoms with Crippen LogP contribution in [0.25, 0.3) is 0 Å². The van der Waals surface area contributed by atoms with E-state index in [0.29, 0.717) is 5.92 Å². The van der Waals surface area contributed by atoms with Crippen molar-refractivity contribution in [2.75, 3.05) is 26.3 Å². The number of aryl methyl sites for hydroxylation is 1. The van der Waals surface area contributed by atoms with Gasteiger partial charge in [-0.05, 0) is 37.8 Å². The Hall–Kier alpha value is -0.860. The van der Waals surface area contributed by atoms with Gasteiger partial charge in [-0.2, -0.15) is 0 Å². The van der Waals surface area contributed by atoms with Crippen molar-refractivity contribution in [3.05, 3.63) is 35.4 Å². The third kappa shape index (κ3) is 4.43.